The Labute approximate surface area is 241 Å². The molecule has 40 heavy (non-hydrogen) atoms. The van der Waals surface area contributed by atoms with E-state index in [0.717, 1.165) is 24.0 Å². The average Bonchev–Trinajstić information content (AvgIpc) is 3.29. The number of fused-ring (bicyclic) bond motifs is 1. The fourth-order valence-corrected chi connectivity index (χ4v) is 7.92. The van der Waals surface area contributed by atoms with Gasteiger partial charge in [0, 0.05) is 20.6 Å². The van der Waals surface area contributed by atoms with Crippen LogP contribution in [0.2, 0.25) is 0 Å². The highest BCUT2D eigenvalue weighted by atomic mass is 31.1. The predicted molar refractivity (Wildman–Crippen MR) is 160 cm³/mol. The van der Waals surface area contributed by atoms with Gasteiger partial charge in [0.1, 0.15) is 0 Å². The van der Waals surface area contributed by atoms with Crippen LogP contribution in [0.5, 0.6) is 0 Å². The van der Waals surface area contributed by atoms with E-state index in [4.69, 9.17) is 18.1 Å². The lowest BCUT2D eigenvalue weighted by molar-refractivity contribution is 0.0862. The molecule has 0 heterocycles. The van der Waals surface area contributed by atoms with Crippen molar-refractivity contribution in [2.45, 2.75) is 83.8 Å². The Kier molecular flexibility index (Phi) is 13.6. The summed E-state index contributed by atoms with van der Waals surface area (Å²) in [5.74, 6) is 1.60. The van der Waals surface area contributed by atoms with Gasteiger partial charge in [-0.15, -0.1) is 0 Å². The van der Waals surface area contributed by atoms with Crippen molar-refractivity contribution in [1.29, 1.82) is 0 Å². The number of hydrogen-bond acceptors (Lipinski definition) is 8. The standard InChI is InChI=1S/C30H50O8P2/c1-21(8-9-23(14-17-37-39(33)35-4)15-18-38-40(34)36-5)27-12-13-28-24(7-6-16-30(27,28)3)10-11-25-19-26(31)20-29(32)22(25)2/h8-11,21,23,26-29,31-32,39-40H,2,6-7,12-20H2,1,3-5H3/b9-8+,24-10+,25-11-/t21-,26-,27-,28?,29+,30-/m1/s1. The molecular formula is C30H50O8P2. The molecule has 0 bridgehead atoms. The summed E-state index contributed by atoms with van der Waals surface area (Å²) in [5.41, 5.74) is 3.39. The van der Waals surface area contributed by atoms with Crippen molar-refractivity contribution in [1.82, 2.24) is 0 Å². The van der Waals surface area contributed by atoms with Crippen LogP contribution in [0.4, 0.5) is 0 Å². The third kappa shape index (κ3) is 9.09. The van der Waals surface area contributed by atoms with Gasteiger partial charge in [-0.3, -0.25) is 9.13 Å². The number of aliphatic hydroxyl groups is 2. The van der Waals surface area contributed by atoms with E-state index in [-0.39, 0.29) is 11.3 Å². The Balaban J connectivity index is 1.68. The molecule has 3 aliphatic carbocycles. The first-order valence-corrected chi connectivity index (χ1v) is 17.1. The van der Waals surface area contributed by atoms with Crippen LogP contribution in [-0.2, 0) is 27.2 Å². The fraction of sp³-hybridized carbons (Fsp3) is 0.733. The zero-order chi connectivity index (χ0) is 29.3. The summed E-state index contributed by atoms with van der Waals surface area (Å²) in [6.07, 6.45) is 15.8. The summed E-state index contributed by atoms with van der Waals surface area (Å²) in [4.78, 5) is 0. The monoisotopic (exact) mass is 600 g/mol. The smallest absolute Gasteiger partial charge is 0.318 e. The Morgan fingerprint density at radius 3 is 2.33 bits per heavy atom. The first-order chi connectivity index (χ1) is 19.1. The van der Waals surface area contributed by atoms with Gasteiger partial charge in [0.25, 0.3) is 0 Å². The van der Waals surface area contributed by atoms with Crippen molar-refractivity contribution in [2.75, 3.05) is 27.4 Å². The summed E-state index contributed by atoms with van der Waals surface area (Å²) in [7, 11) is -2.18. The second-order valence-electron chi connectivity index (χ2n) is 11.9. The van der Waals surface area contributed by atoms with Crippen molar-refractivity contribution >= 4 is 16.5 Å². The minimum Gasteiger partial charge on any atom is -0.393 e. The van der Waals surface area contributed by atoms with Gasteiger partial charge in [0.05, 0.1) is 25.4 Å². The highest BCUT2D eigenvalue weighted by Crippen LogP contribution is 2.59. The summed E-state index contributed by atoms with van der Waals surface area (Å²) in [5, 5.41) is 20.3. The number of hydrogen-bond donors (Lipinski definition) is 2. The fourth-order valence-electron chi connectivity index (χ4n) is 7.12. The second-order valence-corrected chi connectivity index (χ2v) is 14.2. The van der Waals surface area contributed by atoms with E-state index in [9.17, 15) is 19.3 Å². The van der Waals surface area contributed by atoms with Crippen molar-refractivity contribution < 1.29 is 37.4 Å². The van der Waals surface area contributed by atoms with Crippen LogP contribution in [0.1, 0.15) is 71.6 Å². The van der Waals surface area contributed by atoms with E-state index in [2.05, 4.69) is 44.7 Å². The molecule has 8 atom stereocenters. The number of rotatable bonds is 14. The Morgan fingerprint density at radius 1 is 1.05 bits per heavy atom. The summed E-state index contributed by atoms with van der Waals surface area (Å²) in [6.45, 7) is 9.47. The zero-order valence-electron chi connectivity index (χ0n) is 24.6. The van der Waals surface area contributed by atoms with Gasteiger partial charge in [-0.05, 0) is 91.6 Å². The maximum Gasteiger partial charge on any atom is 0.318 e. The molecular weight excluding hydrogens is 550 g/mol. The van der Waals surface area contributed by atoms with Crippen LogP contribution in [0.15, 0.2) is 47.6 Å². The second kappa shape index (κ2) is 16.1. The van der Waals surface area contributed by atoms with Crippen LogP contribution in [0.25, 0.3) is 0 Å². The Morgan fingerprint density at radius 2 is 1.70 bits per heavy atom. The molecule has 3 rings (SSSR count). The molecule has 3 aliphatic rings. The van der Waals surface area contributed by atoms with Crippen LogP contribution in [0, 0.1) is 29.1 Å². The molecule has 0 aromatic heterocycles. The first-order valence-electron chi connectivity index (χ1n) is 14.6. The highest BCUT2D eigenvalue weighted by molar-refractivity contribution is 7.33. The normalized spacial score (nSPS) is 34.3. The summed E-state index contributed by atoms with van der Waals surface area (Å²) >= 11 is 0. The molecule has 10 heteroatoms. The van der Waals surface area contributed by atoms with Crippen LogP contribution in [0.3, 0.4) is 0 Å². The van der Waals surface area contributed by atoms with E-state index < -0.39 is 28.7 Å². The SMILES string of the molecule is C=C1/C(=C\C=C2/CCC[C@@]3(C)C2CC[C@@H]3[C@H](C)/C=C/C(CCO[PH](=O)OC)CCO[PH](=O)OC)C[C@@H](O)C[C@@H]1O. The van der Waals surface area contributed by atoms with Gasteiger partial charge in [0.2, 0.25) is 0 Å². The molecule has 228 valence electrons. The van der Waals surface area contributed by atoms with E-state index in [0.29, 0.717) is 56.7 Å². The van der Waals surface area contributed by atoms with Crippen molar-refractivity contribution in [3.63, 3.8) is 0 Å². The van der Waals surface area contributed by atoms with Crippen LogP contribution in [-0.4, -0.2) is 49.9 Å². The van der Waals surface area contributed by atoms with Gasteiger partial charge in [-0.1, -0.05) is 50.3 Å². The van der Waals surface area contributed by atoms with Crippen LogP contribution >= 0.6 is 16.5 Å². The van der Waals surface area contributed by atoms with Crippen molar-refractivity contribution in [2.24, 2.45) is 29.1 Å². The topological polar surface area (TPSA) is 112 Å². The molecule has 0 spiro atoms. The molecule has 0 aromatic rings. The van der Waals surface area contributed by atoms with E-state index in [1.165, 1.54) is 39.1 Å². The molecule has 0 radical (unpaired) electrons. The van der Waals surface area contributed by atoms with Gasteiger partial charge in [-0.2, -0.15) is 0 Å². The van der Waals surface area contributed by atoms with Gasteiger partial charge in [-0.25, -0.2) is 0 Å². The highest BCUT2D eigenvalue weighted by Gasteiger charge is 2.50. The Hall–Kier alpha value is -0.820. The molecule has 0 saturated heterocycles. The maximum atomic E-state index is 11.6. The molecule has 8 nitrogen and oxygen atoms in total. The number of allylic oxidation sites excluding steroid dienone is 5. The van der Waals surface area contributed by atoms with Crippen molar-refractivity contribution in [3.8, 4) is 0 Å². The predicted octanol–water partition coefficient (Wildman–Crippen LogP) is 6.82. The minimum atomic E-state index is -2.46. The van der Waals surface area contributed by atoms with Gasteiger partial charge >= 0.3 is 16.5 Å². The average molecular weight is 601 g/mol. The lowest BCUT2D eigenvalue weighted by atomic mass is 9.61. The summed E-state index contributed by atoms with van der Waals surface area (Å²) < 4.78 is 43.2. The lowest BCUT2D eigenvalue weighted by Crippen LogP contribution is -2.35. The van der Waals surface area contributed by atoms with Crippen LogP contribution < -0.4 is 0 Å². The molecule has 2 N–H and O–H groups in total. The molecule has 0 amide bonds. The van der Waals surface area contributed by atoms with Gasteiger partial charge in [0.15, 0.2) is 0 Å². The molecule has 0 aromatic carbocycles. The zero-order valence-corrected chi connectivity index (χ0v) is 26.6. The molecule has 3 unspecified atom stereocenters. The molecule has 3 fully saturated rings. The third-order valence-electron chi connectivity index (χ3n) is 9.37. The minimum absolute atomic E-state index is 0.133. The lowest BCUT2D eigenvalue weighted by Gasteiger charge is -2.44. The van der Waals surface area contributed by atoms with Gasteiger partial charge < -0.3 is 28.3 Å². The van der Waals surface area contributed by atoms with E-state index in [1.807, 2.05) is 0 Å². The molecule has 3 saturated carbocycles. The van der Waals surface area contributed by atoms with Crippen molar-refractivity contribution in [3.05, 3.63) is 47.6 Å². The third-order valence-corrected chi connectivity index (χ3v) is 10.9. The summed E-state index contributed by atoms with van der Waals surface area (Å²) in [6, 6.07) is 0. The largest absolute Gasteiger partial charge is 0.393 e. The maximum absolute atomic E-state index is 11.6. The van der Waals surface area contributed by atoms with E-state index in [1.54, 1.807) is 0 Å². The Bertz CT molecular complexity index is 970. The first kappa shape index (κ1) is 33.7. The quantitative estimate of drug-likeness (QED) is 0.165. The molecule has 0 aliphatic heterocycles. The number of aliphatic hydroxyl groups excluding tert-OH is 2. The van der Waals surface area contributed by atoms with E-state index >= 15 is 0 Å².